The Bertz CT molecular complexity index is 325. The topological polar surface area (TPSA) is 28.2 Å². The summed E-state index contributed by atoms with van der Waals surface area (Å²) in [7, 11) is 0. The van der Waals surface area contributed by atoms with Crippen LogP contribution in [0.15, 0.2) is 24.4 Å². The Balaban J connectivity index is 1.75. The Kier molecular flexibility index (Phi) is 4.51. The van der Waals surface area contributed by atoms with Crippen molar-refractivity contribution in [3.8, 4) is 0 Å². The van der Waals surface area contributed by atoms with Crippen LogP contribution in [0, 0.1) is 5.92 Å². The van der Waals surface area contributed by atoms with Crippen LogP contribution in [0.2, 0.25) is 0 Å². The van der Waals surface area contributed by atoms with E-state index in [4.69, 9.17) is 0 Å². The zero-order chi connectivity index (χ0) is 12.1. The lowest BCUT2D eigenvalue weighted by Gasteiger charge is -2.17. The summed E-state index contributed by atoms with van der Waals surface area (Å²) in [5.74, 6) is 0.807. The van der Waals surface area contributed by atoms with E-state index in [-0.39, 0.29) is 0 Å². The third-order valence-electron chi connectivity index (χ3n) is 3.66. The van der Waals surface area contributed by atoms with Crippen LogP contribution in [0.4, 0.5) is 0 Å². The van der Waals surface area contributed by atoms with Crippen LogP contribution >= 0.6 is 0 Å². The highest BCUT2D eigenvalue weighted by atomic mass is 15.1. The van der Waals surface area contributed by atoms with Gasteiger partial charge in [0.15, 0.2) is 0 Å². The van der Waals surface area contributed by atoms with Crippen LogP contribution in [0.1, 0.15) is 32.0 Å². The Labute approximate surface area is 104 Å². The average molecular weight is 233 g/mol. The molecule has 1 saturated heterocycles. The summed E-state index contributed by atoms with van der Waals surface area (Å²) in [6, 6.07) is 6.46. The number of rotatable bonds is 5. The number of hydrogen-bond donors (Lipinski definition) is 1. The van der Waals surface area contributed by atoms with Crippen molar-refractivity contribution in [2.75, 3.05) is 26.2 Å². The van der Waals surface area contributed by atoms with Crippen molar-refractivity contribution in [2.24, 2.45) is 5.92 Å². The Hall–Kier alpha value is -0.930. The minimum Gasteiger partial charge on any atom is -0.309 e. The molecule has 0 spiro atoms. The first-order valence-electron chi connectivity index (χ1n) is 6.66. The number of hydrogen-bond acceptors (Lipinski definition) is 3. The van der Waals surface area contributed by atoms with Crippen molar-refractivity contribution in [3.05, 3.63) is 30.1 Å². The van der Waals surface area contributed by atoms with Gasteiger partial charge in [0.2, 0.25) is 0 Å². The lowest BCUT2D eigenvalue weighted by molar-refractivity contribution is 0.336. The van der Waals surface area contributed by atoms with E-state index >= 15 is 0 Å². The number of likely N-dealkylation sites (tertiary alicyclic amines) is 1. The second-order valence-electron chi connectivity index (χ2n) is 4.93. The molecule has 0 bridgehead atoms. The molecule has 0 radical (unpaired) electrons. The van der Waals surface area contributed by atoms with Crippen molar-refractivity contribution >= 4 is 0 Å². The minimum absolute atomic E-state index is 0.354. The van der Waals surface area contributed by atoms with Crippen molar-refractivity contribution in [3.63, 3.8) is 0 Å². The van der Waals surface area contributed by atoms with Crippen LogP contribution in [-0.2, 0) is 0 Å². The van der Waals surface area contributed by atoms with Gasteiger partial charge in [-0.1, -0.05) is 13.0 Å². The van der Waals surface area contributed by atoms with Crippen LogP contribution in [0.5, 0.6) is 0 Å². The fourth-order valence-corrected chi connectivity index (χ4v) is 2.45. The molecule has 0 amide bonds. The summed E-state index contributed by atoms with van der Waals surface area (Å²) in [5, 5.41) is 3.60. The van der Waals surface area contributed by atoms with Gasteiger partial charge in [0.25, 0.3) is 0 Å². The first-order chi connectivity index (χ1) is 8.29. The summed E-state index contributed by atoms with van der Waals surface area (Å²) < 4.78 is 0. The monoisotopic (exact) mass is 233 g/mol. The zero-order valence-electron chi connectivity index (χ0n) is 10.9. The number of nitrogens with one attached hydrogen (secondary N) is 1. The lowest BCUT2D eigenvalue weighted by atomic mass is 10.1. The summed E-state index contributed by atoms with van der Waals surface area (Å²) in [5.41, 5.74) is 1.14. The number of nitrogens with zero attached hydrogens (tertiary/aromatic N) is 2. The maximum atomic E-state index is 4.38. The predicted octanol–water partition coefficient (Wildman–Crippen LogP) is 2.07. The molecule has 3 nitrogen and oxygen atoms in total. The Morgan fingerprint density at radius 2 is 2.41 bits per heavy atom. The van der Waals surface area contributed by atoms with Gasteiger partial charge in [-0.2, -0.15) is 0 Å². The summed E-state index contributed by atoms with van der Waals surface area (Å²) in [6.45, 7) is 9.24. The minimum atomic E-state index is 0.354. The molecule has 0 unspecified atom stereocenters. The number of aromatic nitrogens is 1. The van der Waals surface area contributed by atoms with Gasteiger partial charge < -0.3 is 10.2 Å². The Morgan fingerprint density at radius 3 is 3.06 bits per heavy atom. The van der Waals surface area contributed by atoms with Gasteiger partial charge in [-0.05, 0) is 51.0 Å². The van der Waals surface area contributed by atoms with E-state index in [1.807, 2.05) is 12.3 Å². The third-order valence-corrected chi connectivity index (χ3v) is 3.66. The zero-order valence-corrected chi connectivity index (χ0v) is 10.9. The maximum Gasteiger partial charge on any atom is 0.0570 e. The van der Waals surface area contributed by atoms with E-state index in [1.165, 1.54) is 26.1 Å². The highest BCUT2D eigenvalue weighted by Crippen LogP contribution is 2.16. The third kappa shape index (κ3) is 3.51. The molecule has 3 heteroatoms. The van der Waals surface area contributed by atoms with Crippen LogP contribution in [0.25, 0.3) is 0 Å². The van der Waals surface area contributed by atoms with E-state index in [9.17, 15) is 0 Å². The normalized spacial score (nSPS) is 22.8. The molecule has 0 aliphatic carbocycles. The van der Waals surface area contributed by atoms with E-state index in [0.717, 1.165) is 18.2 Å². The van der Waals surface area contributed by atoms with E-state index in [0.29, 0.717) is 6.04 Å². The highest BCUT2D eigenvalue weighted by molar-refractivity contribution is 5.07. The van der Waals surface area contributed by atoms with Gasteiger partial charge in [-0.3, -0.25) is 4.98 Å². The van der Waals surface area contributed by atoms with Gasteiger partial charge in [0.1, 0.15) is 0 Å². The van der Waals surface area contributed by atoms with E-state index in [2.05, 4.69) is 41.2 Å². The molecule has 17 heavy (non-hydrogen) atoms. The summed E-state index contributed by atoms with van der Waals surface area (Å²) >= 11 is 0. The first kappa shape index (κ1) is 12.5. The van der Waals surface area contributed by atoms with E-state index < -0.39 is 0 Å². The molecule has 1 N–H and O–H groups in total. The van der Waals surface area contributed by atoms with Crippen LogP contribution in [-0.4, -0.2) is 36.1 Å². The quantitative estimate of drug-likeness (QED) is 0.844. The molecule has 2 heterocycles. The molecule has 1 aromatic heterocycles. The second-order valence-corrected chi connectivity index (χ2v) is 4.93. The molecule has 1 fully saturated rings. The van der Waals surface area contributed by atoms with Gasteiger partial charge in [0.05, 0.1) is 5.69 Å². The highest BCUT2D eigenvalue weighted by Gasteiger charge is 2.21. The van der Waals surface area contributed by atoms with Gasteiger partial charge in [-0.15, -0.1) is 0 Å². The fourth-order valence-electron chi connectivity index (χ4n) is 2.45. The summed E-state index contributed by atoms with van der Waals surface area (Å²) in [6.07, 6.45) is 3.19. The maximum absolute atomic E-state index is 4.38. The predicted molar refractivity (Wildman–Crippen MR) is 70.9 cm³/mol. The number of pyridine rings is 1. The lowest BCUT2D eigenvalue weighted by Crippen LogP contribution is -2.28. The van der Waals surface area contributed by atoms with Crippen molar-refractivity contribution < 1.29 is 0 Å². The SMILES string of the molecule is CCN1CC[C@H](CN[C@@H](C)c2ccccn2)C1. The van der Waals surface area contributed by atoms with Crippen LogP contribution < -0.4 is 5.32 Å². The van der Waals surface area contributed by atoms with E-state index in [1.54, 1.807) is 0 Å². The Morgan fingerprint density at radius 1 is 1.53 bits per heavy atom. The first-order valence-corrected chi connectivity index (χ1v) is 6.66. The average Bonchev–Trinajstić information content (AvgIpc) is 2.85. The molecule has 1 aliphatic heterocycles. The van der Waals surface area contributed by atoms with Gasteiger partial charge >= 0.3 is 0 Å². The molecule has 1 aliphatic rings. The molecular weight excluding hydrogens is 210 g/mol. The second kappa shape index (κ2) is 6.12. The molecule has 2 rings (SSSR count). The molecule has 0 saturated carbocycles. The summed E-state index contributed by atoms with van der Waals surface area (Å²) in [4.78, 5) is 6.91. The largest absolute Gasteiger partial charge is 0.309 e. The molecule has 2 atom stereocenters. The van der Waals surface area contributed by atoms with Crippen LogP contribution in [0.3, 0.4) is 0 Å². The smallest absolute Gasteiger partial charge is 0.0570 e. The fraction of sp³-hybridized carbons (Fsp3) is 0.643. The van der Waals surface area contributed by atoms with Gasteiger partial charge in [0, 0.05) is 18.8 Å². The molecular formula is C14H23N3. The van der Waals surface area contributed by atoms with Crippen molar-refractivity contribution in [1.82, 2.24) is 15.2 Å². The standard InChI is InChI=1S/C14H23N3/c1-3-17-9-7-13(11-17)10-16-12(2)14-6-4-5-8-15-14/h4-6,8,12-13,16H,3,7,9-11H2,1-2H3/t12-,13+/m0/s1. The molecule has 0 aromatic carbocycles. The van der Waals surface area contributed by atoms with Gasteiger partial charge in [-0.25, -0.2) is 0 Å². The molecule has 94 valence electrons. The molecule has 1 aromatic rings. The van der Waals surface area contributed by atoms with Crippen molar-refractivity contribution in [2.45, 2.75) is 26.3 Å². The van der Waals surface area contributed by atoms with Crippen molar-refractivity contribution in [1.29, 1.82) is 0 Å².